The second-order valence-electron chi connectivity index (χ2n) is 10.2. The molecule has 0 atom stereocenters. The topological polar surface area (TPSA) is 63.3 Å². The molecule has 4 nitrogen and oxygen atoms in total. The summed E-state index contributed by atoms with van der Waals surface area (Å²) in [4.78, 5) is 14.8. The van der Waals surface area contributed by atoms with Gasteiger partial charge in [-0.2, -0.15) is 0 Å². The van der Waals surface area contributed by atoms with Gasteiger partial charge in [0, 0.05) is 37.8 Å². The summed E-state index contributed by atoms with van der Waals surface area (Å²) < 4.78 is 6.36. The SMILES string of the molecule is CC(=O)/C=C(/C)O.Cc1[c-]c(-c2nccc3cc(C4CCCC4)ccc23)c2oc3cc(C)ccc3c2c1.[Ir]. The first-order chi connectivity index (χ1) is 17.8. The quantitative estimate of drug-likeness (QED) is 0.117. The Morgan fingerprint density at radius 1 is 1.00 bits per heavy atom. The predicted octanol–water partition coefficient (Wildman–Crippen LogP) is 8.91. The zero-order chi connectivity index (χ0) is 26.1. The Morgan fingerprint density at radius 3 is 2.42 bits per heavy atom. The number of aliphatic hydroxyl groups is 1. The Morgan fingerprint density at radius 2 is 1.74 bits per heavy atom. The number of hydrogen-bond donors (Lipinski definition) is 1. The zero-order valence-corrected chi connectivity index (χ0v) is 24.6. The summed E-state index contributed by atoms with van der Waals surface area (Å²) >= 11 is 0. The van der Waals surface area contributed by atoms with Crippen molar-refractivity contribution in [1.82, 2.24) is 4.98 Å². The van der Waals surface area contributed by atoms with Gasteiger partial charge in [-0.3, -0.25) is 4.79 Å². The first kappa shape index (κ1) is 27.8. The smallest absolute Gasteiger partial charge is 0.155 e. The molecule has 6 rings (SSSR count). The van der Waals surface area contributed by atoms with Gasteiger partial charge in [-0.25, -0.2) is 0 Å². The van der Waals surface area contributed by atoms with E-state index in [4.69, 9.17) is 14.5 Å². The predicted molar refractivity (Wildman–Crippen MR) is 151 cm³/mol. The van der Waals surface area contributed by atoms with Gasteiger partial charge >= 0.3 is 0 Å². The third-order valence-corrected chi connectivity index (χ3v) is 7.06. The Hall–Kier alpha value is -3.27. The van der Waals surface area contributed by atoms with E-state index in [0.29, 0.717) is 5.92 Å². The van der Waals surface area contributed by atoms with Gasteiger partial charge in [0.25, 0.3) is 0 Å². The first-order valence-corrected chi connectivity index (χ1v) is 12.9. The van der Waals surface area contributed by atoms with Crippen molar-refractivity contribution in [3.8, 4) is 11.3 Å². The normalized spacial score (nSPS) is 13.9. The summed E-state index contributed by atoms with van der Waals surface area (Å²) in [5.41, 5.74) is 7.48. The summed E-state index contributed by atoms with van der Waals surface area (Å²) in [7, 11) is 0. The molecule has 0 aliphatic heterocycles. The van der Waals surface area contributed by atoms with Crippen molar-refractivity contribution in [3.05, 3.63) is 89.3 Å². The van der Waals surface area contributed by atoms with E-state index < -0.39 is 0 Å². The van der Waals surface area contributed by atoms with Crippen molar-refractivity contribution < 1.29 is 34.4 Å². The van der Waals surface area contributed by atoms with Crippen LogP contribution in [0.2, 0.25) is 0 Å². The molecule has 0 amide bonds. The van der Waals surface area contributed by atoms with Gasteiger partial charge in [0.2, 0.25) is 0 Å². The number of benzene rings is 3. The number of furan rings is 1. The molecule has 3 aromatic carbocycles. The van der Waals surface area contributed by atoms with Crippen molar-refractivity contribution in [1.29, 1.82) is 0 Å². The summed E-state index contributed by atoms with van der Waals surface area (Å²) in [5.74, 6) is 0.648. The number of rotatable bonds is 3. The van der Waals surface area contributed by atoms with Crippen molar-refractivity contribution in [2.75, 3.05) is 0 Å². The average Bonchev–Trinajstić information content (AvgIpc) is 3.50. The van der Waals surface area contributed by atoms with Crippen molar-refractivity contribution in [3.63, 3.8) is 0 Å². The van der Waals surface area contributed by atoms with Gasteiger partial charge in [-0.15, -0.1) is 17.7 Å². The standard InChI is InChI=1S/C28H24NO.C5H8O2.Ir/c1-17-7-9-23-24-13-18(2)14-25(28(24)30-26(23)15-17)27-22-10-8-20(19-5-3-4-6-19)16-21(22)11-12-29-27;1-4(6)3-5(2)7;/h7-13,15-16,19H,3-6H2,1-2H3;3,6H,1-2H3;/q-1;;/b;4-3-;. The average molecular weight is 683 g/mol. The summed E-state index contributed by atoms with van der Waals surface area (Å²) in [6, 6.07) is 21.2. The fourth-order valence-electron chi connectivity index (χ4n) is 5.43. The minimum Gasteiger partial charge on any atom is -0.512 e. The fraction of sp³-hybridized carbons (Fsp3) is 0.273. The van der Waals surface area contributed by atoms with Crippen molar-refractivity contribution in [2.45, 2.75) is 59.3 Å². The van der Waals surface area contributed by atoms with Crippen LogP contribution >= 0.6 is 0 Å². The number of allylic oxidation sites excluding steroid dienone is 2. The van der Waals surface area contributed by atoms with Gasteiger partial charge in [-0.1, -0.05) is 61.0 Å². The molecule has 1 N–H and O–H groups in total. The molecule has 5 heteroatoms. The van der Waals surface area contributed by atoms with Gasteiger partial charge < -0.3 is 14.5 Å². The zero-order valence-electron chi connectivity index (χ0n) is 22.2. The van der Waals surface area contributed by atoms with E-state index in [1.165, 1.54) is 67.5 Å². The van der Waals surface area contributed by atoms with E-state index in [-0.39, 0.29) is 31.6 Å². The molecule has 1 fully saturated rings. The fourth-order valence-corrected chi connectivity index (χ4v) is 5.43. The number of aryl methyl sites for hydroxylation is 2. The maximum atomic E-state index is 10.0. The third kappa shape index (κ3) is 5.75. The van der Waals surface area contributed by atoms with Crippen LogP contribution < -0.4 is 0 Å². The van der Waals surface area contributed by atoms with E-state index in [9.17, 15) is 4.79 Å². The molecule has 5 aromatic rings. The number of nitrogens with zero attached hydrogens (tertiary/aromatic N) is 1. The minimum absolute atomic E-state index is 0. The number of carbonyl (C=O) groups is 1. The number of hydrogen-bond acceptors (Lipinski definition) is 4. The number of ketones is 1. The number of pyridine rings is 1. The number of carbonyl (C=O) groups excluding carboxylic acids is 1. The van der Waals surface area contributed by atoms with Crippen LogP contribution in [-0.4, -0.2) is 15.9 Å². The largest absolute Gasteiger partial charge is 0.512 e. The Bertz CT molecular complexity index is 1650. The van der Waals surface area contributed by atoms with Crippen LogP contribution in [0.1, 0.15) is 62.1 Å². The Balaban J connectivity index is 0.000000375. The molecule has 1 aliphatic rings. The van der Waals surface area contributed by atoms with Gasteiger partial charge in [0.05, 0.1) is 11.3 Å². The molecule has 2 aromatic heterocycles. The molecule has 0 bridgehead atoms. The maximum absolute atomic E-state index is 10.0. The van der Waals surface area contributed by atoms with Crippen molar-refractivity contribution in [2.24, 2.45) is 0 Å². The molecule has 0 unspecified atom stereocenters. The number of fused-ring (bicyclic) bond motifs is 4. The molecule has 1 saturated carbocycles. The van der Waals surface area contributed by atoms with E-state index >= 15 is 0 Å². The van der Waals surface area contributed by atoms with Crippen LogP contribution in [0, 0.1) is 19.9 Å². The maximum Gasteiger partial charge on any atom is 0.155 e. The molecule has 0 spiro atoms. The summed E-state index contributed by atoms with van der Waals surface area (Å²) in [6.45, 7) is 7.04. The Kier molecular flexibility index (Phi) is 8.50. The monoisotopic (exact) mass is 683 g/mol. The molecule has 197 valence electrons. The molecule has 2 heterocycles. The third-order valence-electron chi connectivity index (χ3n) is 7.06. The molecule has 38 heavy (non-hydrogen) atoms. The number of aliphatic hydroxyl groups excluding tert-OH is 1. The minimum atomic E-state index is -0.125. The van der Waals surface area contributed by atoms with E-state index in [1.807, 2.05) is 6.20 Å². The molecular weight excluding hydrogens is 651 g/mol. The van der Waals surface area contributed by atoms with Gasteiger partial charge in [0.15, 0.2) is 5.78 Å². The van der Waals surface area contributed by atoms with Gasteiger partial charge in [-0.05, 0) is 79.3 Å². The molecule has 1 aliphatic carbocycles. The van der Waals surface area contributed by atoms with E-state index in [2.05, 4.69) is 68.4 Å². The number of aromatic nitrogens is 1. The van der Waals surface area contributed by atoms with Crippen LogP contribution in [0.15, 0.2) is 71.0 Å². The van der Waals surface area contributed by atoms with Crippen LogP contribution in [-0.2, 0) is 24.9 Å². The van der Waals surface area contributed by atoms with E-state index in [1.54, 1.807) is 0 Å². The Labute approximate surface area is 237 Å². The van der Waals surface area contributed by atoms with Crippen LogP contribution in [0.5, 0.6) is 0 Å². The second-order valence-corrected chi connectivity index (χ2v) is 10.2. The van der Waals surface area contributed by atoms with Crippen molar-refractivity contribution >= 4 is 38.5 Å². The van der Waals surface area contributed by atoms with Crippen LogP contribution in [0.25, 0.3) is 44.0 Å². The van der Waals surface area contributed by atoms with Gasteiger partial charge in [0.1, 0.15) is 5.58 Å². The molecule has 0 saturated heterocycles. The van der Waals surface area contributed by atoms with Crippen LogP contribution in [0.3, 0.4) is 0 Å². The second kappa shape index (κ2) is 11.6. The summed E-state index contributed by atoms with van der Waals surface area (Å²) in [5, 5.41) is 13.1. The summed E-state index contributed by atoms with van der Waals surface area (Å²) in [6.07, 6.45) is 8.42. The van der Waals surface area contributed by atoms with E-state index in [0.717, 1.165) is 38.8 Å². The molecule has 1 radical (unpaired) electrons. The first-order valence-electron chi connectivity index (χ1n) is 12.9. The van der Waals surface area contributed by atoms with Crippen LogP contribution in [0.4, 0.5) is 0 Å². The molecular formula is C33H32IrNO3-.